The molecule has 0 radical (unpaired) electrons. The van der Waals surface area contributed by atoms with Crippen LogP contribution in [0.4, 0.5) is 5.82 Å². The maximum atomic E-state index is 4.84. The fourth-order valence-electron chi connectivity index (χ4n) is 2.75. The predicted octanol–water partition coefficient (Wildman–Crippen LogP) is 4.43. The smallest absolute Gasteiger partial charge is 0.133 e. The van der Waals surface area contributed by atoms with Crippen LogP contribution in [0.5, 0.6) is 0 Å². The minimum atomic E-state index is 0.937. The van der Waals surface area contributed by atoms with Crippen molar-refractivity contribution >= 4 is 37.7 Å². The molecule has 0 fully saturated rings. The van der Waals surface area contributed by atoms with E-state index in [1.807, 2.05) is 29.1 Å². The normalized spacial score (nSPS) is 13.0. The standard InChI is InChI=1S/C16H12Br2N4/c17-11-7-10(8-19-9-11)15-12-5-6-20-16(12)22(21-15)14-4-2-1-3-13(14)18/h1-4,7-9,20H,5-6H2. The van der Waals surface area contributed by atoms with Gasteiger partial charge in [-0.15, -0.1) is 0 Å². The molecule has 0 aliphatic carbocycles. The third-order valence-corrected chi connectivity index (χ3v) is 4.81. The Bertz CT molecular complexity index is 857. The lowest BCUT2D eigenvalue weighted by atomic mass is 10.1. The summed E-state index contributed by atoms with van der Waals surface area (Å²) in [5.74, 6) is 1.07. The van der Waals surface area contributed by atoms with Gasteiger partial charge in [0.25, 0.3) is 0 Å². The summed E-state index contributed by atoms with van der Waals surface area (Å²) in [5.41, 5.74) is 4.29. The molecule has 0 atom stereocenters. The summed E-state index contributed by atoms with van der Waals surface area (Å²) in [6, 6.07) is 10.2. The summed E-state index contributed by atoms with van der Waals surface area (Å²) in [6.45, 7) is 0.937. The van der Waals surface area contributed by atoms with E-state index in [9.17, 15) is 0 Å². The number of pyridine rings is 1. The fourth-order valence-corrected chi connectivity index (χ4v) is 3.56. The number of hydrogen-bond donors (Lipinski definition) is 1. The molecule has 2 aromatic heterocycles. The van der Waals surface area contributed by atoms with E-state index in [-0.39, 0.29) is 0 Å². The largest absolute Gasteiger partial charge is 0.369 e. The zero-order valence-electron chi connectivity index (χ0n) is 11.6. The topological polar surface area (TPSA) is 42.7 Å². The number of benzene rings is 1. The van der Waals surface area contributed by atoms with Gasteiger partial charge in [-0.1, -0.05) is 12.1 Å². The minimum Gasteiger partial charge on any atom is -0.369 e. The van der Waals surface area contributed by atoms with Crippen LogP contribution in [0.3, 0.4) is 0 Å². The second-order valence-corrected chi connectivity index (χ2v) is 6.88. The molecule has 22 heavy (non-hydrogen) atoms. The first kappa shape index (κ1) is 14.0. The molecule has 4 rings (SSSR count). The highest BCUT2D eigenvalue weighted by molar-refractivity contribution is 9.10. The van der Waals surface area contributed by atoms with Crippen LogP contribution >= 0.6 is 31.9 Å². The van der Waals surface area contributed by atoms with Crippen molar-refractivity contribution in [2.75, 3.05) is 11.9 Å². The van der Waals surface area contributed by atoms with Gasteiger partial charge in [0.15, 0.2) is 0 Å². The van der Waals surface area contributed by atoms with E-state index in [4.69, 9.17) is 5.10 Å². The lowest BCUT2D eigenvalue weighted by molar-refractivity contribution is 0.878. The summed E-state index contributed by atoms with van der Waals surface area (Å²) in [7, 11) is 0. The molecule has 0 saturated carbocycles. The number of rotatable bonds is 2. The summed E-state index contributed by atoms with van der Waals surface area (Å²) in [6.07, 6.45) is 4.62. The monoisotopic (exact) mass is 418 g/mol. The van der Waals surface area contributed by atoms with Crippen molar-refractivity contribution in [2.45, 2.75) is 6.42 Å². The zero-order valence-corrected chi connectivity index (χ0v) is 14.7. The third kappa shape index (κ3) is 2.27. The number of hydrogen-bond acceptors (Lipinski definition) is 3. The molecule has 1 aliphatic rings. The predicted molar refractivity (Wildman–Crippen MR) is 94.4 cm³/mol. The van der Waals surface area contributed by atoms with Crippen molar-refractivity contribution in [1.82, 2.24) is 14.8 Å². The van der Waals surface area contributed by atoms with Crippen molar-refractivity contribution in [3.05, 3.63) is 57.2 Å². The molecule has 6 heteroatoms. The lowest BCUT2D eigenvalue weighted by Crippen LogP contribution is -2.04. The van der Waals surface area contributed by atoms with Gasteiger partial charge < -0.3 is 5.32 Å². The summed E-state index contributed by atoms with van der Waals surface area (Å²) >= 11 is 7.09. The number of halogens is 2. The van der Waals surface area contributed by atoms with Gasteiger partial charge in [0, 0.05) is 39.0 Å². The number of anilines is 1. The Morgan fingerprint density at radius 1 is 1.14 bits per heavy atom. The summed E-state index contributed by atoms with van der Waals surface area (Å²) in [4.78, 5) is 4.26. The first-order chi connectivity index (χ1) is 10.7. The van der Waals surface area contributed by atoms with E-state index in [1.165, 1.54) is 5.56 Å². The molecule has 4 nitrogen and oxygen atoms in total. The molecule has 0 unspecified atom stereocenters. The van der Waals surface area contributed by atoms with Crippen LogP contribution in [0.15, 0.2) is 51.7 Å². The first-order valence-corrected chi connectivity index (χ1v) is 8.54. The van der Waals surface area contributed by atoms with Crippen molar-refractivity contribution in [3.8, 4) is 16.9 Å². The second kappa shape index (κ2) is 5.52. The molecule has 0 saturated heterocycles. The highest BCUT2D eigenvalue weighted by Crippen LogP contribution is 2.36. The Morgan fingerprint density at radius 3 is 2.82 bits per heavy atom. The number of nitrogens with zero attached hydrogens (tertiary/aromatic N) is 3. The molecule has 110 valence electrons. The molecule has 1 aliphatic heterocycles. The molecule has 1 N–H and O–H groups in total. The average molecular weight is 420 g/mol. The van der Waals surface area contributed by atoms with Crippen molar-refractivity contribution in [3.63, 3.8) is 0 Å². The number of para-hydroxylation sites is 1. The van der Waals surface area contributed by atoms with Gasteiger partial charge in [-0.25, -0.2) is 4.68 Å². The quantitative estimate of drug-likeness (QED) is 0.668. The average Bonchev–Trinajstić information content (AvgIpc) is 3.10. The molecule has 3 aromatic rings. The van der Waals surface area contributed by atoms with E-state index in [2.05, 4.69) is 54.3 Å². The maximum Gasteiger partial charge on any atom is 0.133 e. The van der Waals surface area contributed by atoms with Crippen LogP contribution in [-0.4, -0.2) is 21.3 Å². The van der Waals surface area contributed by atoms with Gasteiger partial charge in [0.2, 0.25) is 0 Å². The van der Waals surface area contributed by atoms with Gasteiger partial charge >= 0.3 is 0 Å². The van der Waals surface area contributed by atoms with Gasteiger partial charge in [-0.3, -0.25) is 4.98 Å². The van der Waals surface area contributed by atoms with Crippen molar-refractivity contribution < 1.29 is 0 Å². The van der Waals surface area contributed by atoms with Crippen LogP contribution in [0.1, 0.15) is 5.56 Å². The SMILES string of the molecule is Brc1cncc(-c2nn(-c3ccccc3Br)c3c2CCN3)c1. The molecule has 1 aromatic carbocycles. The van der Waals surface area contributed by atoms with E-state index < -0.39 is 0 Å². The maximum absolute atomic E-state index is 4.84. The molecule has 3 heterocycles. The van der Waals surface area contributed by atoms with Crippen LogP contribution in [0.2, 0.25) is 0 Å². The molecule has 0 amide bonds. The van der Waals surface area contributed by atoms with Gasteiger partial charge in [-0.2, -0.15) is 5.10 Å². The Balaban J connectivity index is 1.93. The van der Waals surface area contributed by atoms with Crippen LogP contribution in [0.25, 0.3) is 16.9 Å². The van der Waals surface area contributed by atoms with E-state index >= 15 is 0 Å². The second-order valence-electron chi connectivity index (χ2n) is 5.11. The fraction of sp³-hybridized carbons (Fsp3) is 0.125. The van der Waals surface area contributed by atoms with Crippen molar-refractivity contribution in [2.24, 2.45) is 0 Å². The van der Waals surface area contributed by atoms with Gasteiger partial charge in [0.05, 0.1) is 11.4 Å². The van der Waals surface area contributed by atoms with Gasteiger partial charge in [0.1, 0.15) is 5.82 Å². The molecular formula is C16H12Br2N4. The Kier molecular flexibility index (Phi) is 3.50. The Labute approximate surface area is 144 Å². The highest BCUT2D eigenvalue weighted by atomic mass is 79.9. The Morgan fingerprint density at radius 2 is 2.00 bits per heavy atom. The molecule has 0 bridgehead atoms. The molecular weight excluding hydrogens is 408 g/mol. The summed E-state index contributed by atoms with van der Waals surface area (Å²) in [5, 5.41) is 8.28. The number of nitrogens with one attached hydrogen (secondary N) is 1. The van der Waals surface area contributed by atoms with Crippen LogP contribution in [-0.2, 0) is 6.42 Å². The van der Waals surface area contributed by atoms with E-state index in [0.717, 1.165) is 44.7 Å². The van der Waals surface area contributed by atoms with E-state index in [1.54, 1.807) is 6.20 Å². The number of fused-ring (bicyclic) bond motifs is 1. The highest BCUT2D eigenvalue weighted by Gasteiger charge is 2.24. The first-order valence-electron chi connectivity index (χ1n) is 6.95. The zero-order chi connectivity index (χ0) is 15.1. The van der Waals surface area contributed by atoms with Crippen LogP contribution < -0.4 is 5.32 Å². The van der Waals surface area contributed by atoms with Crippen LogP contribution in [0, 0.1) is 0 Å². The third-order valence-electron chi connectivity index (χ3n) is 3.71. The summed E-state index contributed by atoms with van der Waals surface area (Å²) < 4.78 is 3.95. The van der Waals surface area contributed by atoms with Gasteiger partial charge in [-0.05, 0) is 56.5 Å². The molecule has 0 spiro atoms. The lowest BCUT2D eigenvalue weighted by Gasteiger charge is -2.08. The van der Waals surface area contributed by atoms with Crippen molar-refractivity contribution in [1.29, 1.82) is 0 Å². The Hall–Kier alpha value is -1.66. The van der Waals surface area contributed by atoms with E-state index in [0.29, 0.717) is 0 Å². The minimum absolute atomic E-state index is 0.937. The number of aromatic nitrogens is 3.